The third kappa shape index (κ3) is 4.88. The first-order valence-corrected chi connectivity index (χ1v) is 13.7. The number of thioether (sulfide) groups is 1. The summed E-state index contributed by atoms with van der Waals surface area (Å²) in [7, 11) is -3.34. The lowest BCUT2D eigenvalue weighted by Crippen LogP contribution is -2.48. The van der Waals surface area contributed by atoms with Crippen molar-refractivity contribution in [2.24, 2.45) is 0 Å². The van der Waals surface area contributed by atoms with Crippen molar-refractivity contribution in [1.82, 2.24) is 9.88 Å². The number of rotatable bonds is 5. The maximum absolute atomic E-state index is 13.0. The highest BCUT2D eigenvalue weighted by atomic mass is 32.2. The van der Waals surface area contributed by atoms with Crippen molar-refractivity contribution in [3.8, 4) is 0 Å². The summed E-state index contributed by atoms with van der Waals surface area (Å²) in [5, 5.41) is 1.26. The predicted octanol–water partition coefficient (Wildman–Crippen LogP) is 4.16. The van der Waals surface area contributed by atoms with E-state index < -0.39 is 9.84 Å². The number of nitrogens with zero attached hydrogens (tertiary/aromatic N) is 3. The first-order valence-electron chi connectivity index (χ1n) is 10.1. The van der Waals surface area contributed by atoms with Crippen LogP contribution in [0.5, 0.6) is 0 Å². The number of amides is 1. The second-order valence-electron chi connectivity index (χ2n) is 7.85. The average Bonchev–Trinajstić information content (AvgIpc) is 3.16. The minimum Gasteiger partial charge on any atom is -0.345 e. The Labute approximate surface area is 191 Å². The van der Waals surface area contributed by atoms with Gasteiger partial charge >= 0.3 is 0 Å². The number of carbonyl (C=O) groups is 1. The van der Waals surface area contributed by atoms with Crippen molar-refractivity contribution in [3.05, 3.63) is 48.0 Å². The monoisotopic (exact) mass is 475 g/mol. The van der Waals surface area contributed by atoms with Gasteiger partial charge in [-0.05, 0) is 30.3 Å². The predicted molar refractivity (Wildman–Crippen MR) is 128 cm³/mol. The fourth-order valence-electron chi connectivity index (χ4n) is 3.60. The van der Waals surface area contributed by atoms with Crippen LogP contribution in [0.25, 0.3) is 10.2 Å². The molecule has 1 saturated heterocycles. The summed E-state index contributed by atoms with van der Waals surface area (Å²) in [6.07, 6.45) is 1.21. The lowest BCUT2D eigenvalue weighted by atomic mass is 10.2. The van der Waals surface area contributed by atoms with Gasteiger partial charge in [-0.2, -0.15) is 0 Å². The molecular formula is C22H25N3O3S3. The van der Waals surface area contributed by atoms with Crippen LogP contribution in [-0.4, -0.2) is 61.9 Å². The largest absolute Gasteiger partial charge is 0.345 e. The number of para-hydroxylation sites is 1. The molecule has 0 N–H and O–H groups in total. The van der Waals surface area contributed by atoms with E-state index in [1.165, 1.54) is 17.6 Å². The zero-order valence-corrected chi connectivity index (χ0v) is 20.2. The third-order valence-electron chi connectivity index (χ3n) is 5.06. The van der Waals surface area contributed by atoms with E-state index in [2.05, 4.69) is 23.7 Å². The van der Waals surface area contributed by atoms with Gasteiger partial charge in [0.2, 0.25) is 0 Å². The number of anilines is 1. The second kappa shape index (κ2) is 8.80. The molecule has 31 heavy (non-hydrogen) atoms. The van der Waals surface area contributed by atoms with Gasteiger partial charge in [-0.25, -0.2) is 13.4 Å². The number of sulfone groups is 1. The molecule has 1 aliphatic rings. The van der Waals surface area contributed by atoms with E-state index in [4.69, 9.17) is 0 Å². The molecule has 164 valence electrons. The Morgan fingerprint density at radius 2 is 1.81 bits per heavy atom. The number of piperazine rings is 1. The molecule has 0 bridgehead atoms. The first-order chi connectivity index (χ1) is 14.7. The van der Waals surface area contributed by atoms with Crippen molar-refractivity contribution in [2.45, 2.75) is 28.9 Å². The highest BCUT2D eigenvalue weighted by Crippen LogP contribution is 2.33. The Kier molecular flexibility index (Phi) is 6.27. The van der Waals surface area contributed by atoms with Crippen LogP contribution in [0.2, 0.25) is 0 Å². The minimum absolute atomic E-state index is 0.0505. The van der Waals surface area contributed by atoms with Crippen molar-refractivity contribution in [3.63, 3.8) is 0 Å². The molecule has 3 aromatic rings. The molecule has 0 atom stereocenters. The van der Waals surface area contributed by atoms with Crippen LogP contribution < -0.4 is 4.90 Å². The fourth-order valence-corrected chi connectivity index (χ4v) is 6.44. The molecule has 1 aromatic heterocycles. The van der Waals surface area contributed by atoms with Gasteiger partial charge in [0.05, 0.1) is 9.60 Å². The normalized spacial score (nSPS) is 15.1. The van der Waals surface area contributed by atoms with E-state index in [0.29, 0.717) is 36.9 Å². The molecule has 0 radical (unpaired) electrons. The number of fused-ring (bicyclic) bond motifs is 1. The van der Waals surface area contributed by atoms with E-state index in [0.717, 1.165) is 20.3 Å². The maximum Gasteiger partial charge on any atom is 0.254 e. The Morgan fingerprint density at radius 1 is 1.10 bits per heavy atom. The Balaban J connectivity index is 1.47. The van der Waals surface area contributed by atoms with Crippen LogP contribution in [-0.2, 0) is 9.84 Å². The van der Waals surface area contributed by atoms with Gasteiger partial charge in [0.1, 0.15) is 5.52 Å². The smallest absolute Gasteiger partial charge is 0.254 e. The minimum atomic E-state index is -3.34. The number of carbonyl (C=O) groups excluding carboxylic acids is 1. The molecular weight excluding hydrogens is 450 g/mol. The summed E-state index contributed by atoms with van der Waals surface area (Å²) in [5.41, 5.74) is 1.25. The topological polar surface area (TPSA) is 70.6 Å². The summed E-state index contributed by atoms with van der Waals surface area (Å²) in [6.45, 7) is 6.82. The molecule has 0 saturated carbocycles. The molecule has 0 aliphatic carbocycles. The molecule has 0 unspecified atom stereocenters. The number of benzene rings is 2. The first kappa shape index (κ1) is 22.1. The Bertz CT molecular complexity index is 1210. The number of hydrogen-bond acceptors (Lipinski definition) is 7. The summed E-state index contributed by atoms with van der Waals surface area (Å²) in [6, 6.07) is 13.1. The molecule has 1 aliphatic heterocycles. The summed E-state index contributed by atoms with van der Waals surface area (Å²) < 4.78 is 25.0. The number of thiazole rings is 1. The van der Waals surface area contributed by atoms with Gasteiger partial charge in [0.15, 0.2) is 15.0 Å². The van der Waals surface area contributed by atoms with Gasteiger partial charge < -0.3 is 9.80 Å². The summed E-state index contributed by atoms with van der Waals surface area (Å²) >= 11 is 3.24. The fraction of sp³-hybridized carbons (Fsp3) is 0.364. The molecule has 6 nitrogen and oxygen atoms in total. The Hall–Kier alpha value is -2.10. The SMILES string of the molecule is CC(C)Sc1cccc(C(=O)N2CCN(c3nc4c(S(C)(=O)=O)cccc4s3)CC2)c1. The van der Waals surface area contributed by atoms with E-state index in [9.17, 15) is 13.2 Å². The van der Waals surface area contributed by atoms with Gasteiger partial charge in [-0.1, -0.05) is 37.3 Å². The van der Waals surface area contributed by atoms with E-state index >= 15 is 0 Å². The molecule has 4 rings (SSSR count). The summed E-state index contributed by atoms with van der Waals surface area (Å²) in [4.78, 5) is 23.0. The van der Waals surface area contributed by atoms with Crippen LogP contribution in [0.4, 0.5) is 5.13 Å². The molecule has 2 aromatic carbocycles. The lowest BCUT2D eigenvalue weighted by molar-refractivity contribution is 0.0746. The van der Waals surface area contributed by atoms with Crippen molar-refractivity contribution >= 4 is 54.2 Å². The highest BCUT2D eigenvalue weighted by Gasteiger charge is 2.25. The van der Waals surface area contributed by atoms with Gasteiger partial charge in [0.25, 0.3) is 5.91 Å². The second-order valence-corrected chi connectivity index (χ2v) is 12.5. The Morgan fingerprint density at radius 3 is 2.48 bits per heavy atom. The number of hydrogen-bond donors (Lipinski definition) is 0. The average molecular weight is 476 g/mol. The van der Waals surface area contributed by atoms with Crippen molar-refractivity contribution < 1.29 is 13.2 Å². The zero-order chi connectivity index (χ0) is 22.2. The van der Waals surface area contributed by atoms with Crippen molar-refractivity contribution in [1.29, 1.82) is 0 Å². The molecule has 9 heteroatoms. The van der Waals surface area contributed by atoms with Crippen molar-refractivity contribution in [2.75, 3.05) is 37.3 Å². The maximum atomic E-state index is 13.0. The van der Waals surface area contributed by atoms with Gasteiger partial charge in [-0.3, -0.25) is 4.79 Å². The van der Waals surface area contributed by atoms with Crippen LogP contribution in [0.3, 0.4) is 0 Å². The lowest BCUT2D eigenvalue weighted by Gasteiger charge is -2.34. The van der Waals surface area contributed by atoms with Crippen LogP contribution in [0.15, 0.2) is 52.3 Å². The third-order valence-corrected chi connectivity index (χ3v) is 8.27. The number of aromatic nitrogens is 1. The van der Waals surface area contributed by atoms with E-state index in [-0.39, 0.29) is 10.8 Å². The highest BCUT2D eigenvalue weighted by molar-refractivity contribution is 7.99. The van der Waals surface area contributed by atoms with Crippen LogP contribution in [0.1, 0.15) is 24.2 Å². The quantitative estimate of drug-likeness (QED) is 0.516. The standard InChI is InChI=1S/C22H25N3O3S3/c1-15(2)29-17-7-4-6-16(14-17)21(26)24-10-12-25(13-11-24)22-23-20-18(30-22)8-5-9-19(20)31(3,27)28/h4-9,14-15H,10-13H2,1-3H3. The van der Waals surface area contributed by atoms with E-state index in [1.54, 1.807) is 23.9 Å². The molecule has 1 fully saturated rings. The molecule has 2 heterocycles. The summed E-state index contributed by atoms with van der Waals surface area (Å²) in [5.74, 6) is 0.0505. The van der Waals surface area contributed by atoms with Gasteiger partial charge in [-0.15, -0.1) is 11.8 Å². The molecule has 0 spiro atoms. The van der Waals surface area contributed by atoms with Crippen LogP contribution in [0, 0.1) is 0 Å². The van der Waals surface area contributed by atoms with E-state index in [1.807, 2.05) is 35.2 Å². The zero-order valence-electron chi connectivity index (χ0n) is 17.7. The molecule has 1 amide bonds. The van der Waals surface area contributed by atoms with Gasteiger partial charge in [0, 0.05) is 48.1 Å². The van der Waals surface area contributed by atoms with Crippen LogP contribution >= 0.6 is 23.1 Å².